The summed E-state index contributed by atoms with van der Waals surface area (Å²) < 4.78 is 5.20. The second kappa shape index (κ2) is 5.29. The summed E-state index contributed by atoms with van der Waals surface area (Å²) in [5.74, 6) is 2.52. The molecule has 0 saturated carbocycles. The summed E-state index contributed by atoms with van der Waals surface area (Å²) in [6.45, 7) is 4.65. The normalized spacial score (nSPS) is 21.8. The quantitative estimate of drug-likeness (QED) is 0.400. The van der Waals surface area contributed by atoms with Gasteiger partial charge in [-0.2, -0.15) is 0 Å². The number of amides is 1. The van der Waals surface area contributed by atoms with Crippen molar-refractivity contribution in [2.45, 2.75) is 12.5 Å². The van der Waals surface area contributed by atoms with Crippen LogP contribution in [0, 0.1) is 18.3 Å². The fraction of sp³-hybridized carbons (Fsp3) is 0.455. The summed E-state index contributed by atoms with van der Waals surface area (Å²) in [6, 6.07) is -0.255. The van der Waals surface area contributed by atoms with E-state index in [0.29, 0.717) is 6.61 Å². The topological polar surface area (TPSA) is 38.3 Å². The van der Waals surface area contributed by atoms with Crippen molar-refractivity contribution in [1.29, 1.82) is 0 Å². The van der Waals surface area contributed by atoms with Crippen molar-refractivity contribution in [3.8, 4) is 12.3 Å². The second-order valence-electron chi connectivity index (χ2n) is 3.13. The molecule has 3 heteroatoms. The van der Waals surface area contributed by atoms with Crippen LogP contribution in [0.2, 0.25) is 0 Å². The Hall–Kier alpha value is -1.49. The van der Waals surface area contributed by atoms with Gasteiger partial charge in [0.2, 0.25) is 0 Å². The minimum absolute atomic E-state index is 0.224. The molecule has 1 aliphatic rings. The lowest BCUT2D eigenvalue weighted by atomic mass is 10.00. The first kappa shape index (κ1) is 10.6. The number of nitrogens with one attached hydrogen (secondary N) is 1. The fourth-order valence-corrected chi connectivity index (χ4v) is 1.40. The third kappa shape index (κ3) is 2.77. The number of hydrogen-bond acceptors (Lipinski definition) is 2. The molecule has 0 aromatic carbocycles. The highest BCUT2D eigenvalue weighted by Crippen LogP contribution is 2.16. The van der Waals surface area contributed by atoms with E-state index < -0.39 is 0 Å². The van der Waals surface area contributed by atoms with Gasteiger partial charge in [-0.1, -0.05) is 12.5 Å². The molecule has 0 bridgehead atoms. The van der Waals surface area contributed by atoms with Crippen molar-refractivity contribution < 1.29 is 9.53 Å². The van der Waals surface area contributed by atoms with Crippen LogP contribution < -0.4 is 5.32 Å². The Kier molecular flexibility index (Phi) is 4.00. The Labute approximate surface area is 83.8 Å². The Morgan fingerprint density at radius 3 is 3.07 bits per heavy atom. The Balaban J connectivity index is 2.50. The first-order valence-electron chi connectivity index (χ1n) is 4.48. The summed E-state index contributed by atoms with van der Waals surface area (Å²) in [5.41, 5.74) is 2.40. The molecule has 2 unspecified atom stereocenters. The number of rotatable bonds is 3. The fourth-order valence-electron chi connectivity index (χ4n) is 1.40. The summed E-state index contributed by atoms with van der Waals surface area (Å²) in [5, 5.41) is 2.70. The maximum atomic E-state index is 11.2. The van der Waals surface area contributed by atoms with Crippen molar-refractivity contribution in [3.05, 3.63) is 18.4 Å². The molecule has 0 spiro atoms. The molecule has 1 saturated heterocycles. The van der Waals surface area contributed by atoms with Crippen LogP contribution in [0.3, 0.4) is 0 Å². The first-order valence-corrected chi connectivity index (χ1v) is 4.48. The summed E-state index contributed by atoms with van der Waals surface area (Å²) in [7, 11) is 0. The Morgan fingerprint density at radius 1 is 1.79 bits per heavy atom. The zero-order chi connectivity index (χ0) is 10.4. The number of carbonyl (C=O) groups is 1. The van der Waals surface area contributed by atoms with Crippen LogP contribution in [0.5, 0.6) is 0 Å². The zero-order valence-corrected chi connectivity index (χ0v) is 7.95. The molecule has 74 valence electrons. The highest BCUT2D eigenvalue weighted by Gasteiger charge is 2.24. The highest BCUT2D eigenvalue weighted by molar-refractivity contribution is 5.87. The lowest BCUT2D eigenvalue weighted by molar-refractivity contribution is -0.117. The van der Waals surface area contributed by atoms with Crippen LogP contribution in [0.25, 0.3) is 0 Å². The van der Waals surface area contributed by atoms with E-state index in [9.17, 15) is 4.79 Å². The van der Waals surface area contributed by atoms with E-state index in [-0.39, 0.29) is 17.9 Å². The molecular weight excluding hydrogens is 178 g/mol. The SMILES string of the molecule is C#CC(NC(=O)C=C=C)C1CCOC1. The molecule has 0 aliphatic carbocycles. The van der Waals surface area contributed by atoms with Gasteiger partial charge in [-0.15, -0.1) is 12.2 Å². The van der Waals surface area contributed by atoms with Gasteiger partial charge in [-0.05, 0) is 6.42 Å². The van der Waals surface area contributed by atoms with Gasteiger partial charge >= 0.3 is 0 Å². The standard InChI is InChI=1S/C11H13NO2/c1-3-5-11(13)12-10(4-2)9-6-7-14-8-9/h2,5,9-10H,1,6-8H2,(H,12,13). The van der Waals surface area contributed by atoms with Crippen molar-refractivity contribution in [2.24, 2.45) is 5.92 Å². The van der Waals surface area contributed by atoms with E-state index in [1.54, 1.807) is 0 Å². The third-order valence-corrected chi connectivity index (χ3v) is 2.15. The van der Waals surface area contributed by atoms with Crippen molar-refractivity contribution >= 4 is 5.91 Å². The summed E-state index contributed by atoms with van der Waals surface area (Å²) in [4.78, 5) is 11.2. The zero-order valence-electron chi connectivity index (χ0n) is 7.95. The summed E-state index contributed by atoms with van der Waals surface area (Å²) in [6.07, 6.45) is 7.46. The highest BCUT2D eigenvalue weighted by atomic mass is 16.5. The monoisotopic (exact) mass is 191 g/mol. The number of terminal acetylenes is 1. The van der Waals surface area contributed by atoms with Crippen molar-refractivity contribution in [1.82, 2.24) is 5.32 Å². The molecule has 1 rings (SSSR count). The van der Waals surface area contributed by atoms with Crippen molar-refractivity contribution in [2.75, 3.05) is 13.2 Å². The largest absolute Gasteiger partial charge is 0.381 e. The Morgan fingerprint density at radius 2 is 2.57 bits per heavy atom. The van der Waals surface area contributed by atoms with Gasteiger partial charge in [0.1, 0.15) is 0 Å². The van der Waals surface area contributed by atoms with E-state index >= 15 is 0 Å². The molecule has 1 aliphatic heterocycles. The van der Waals surface area contributed by atoms with Gasteiger partial charge in [0.15, 0.2) is 0 Å². The average molecular weight is 191 g/mol. The molecule has 3 nitrogen and oxygen atoms in total. The predicted molar refractivity (Wildman–Crippen MR) is 53.4 cm³/mol. The van der Waals surface area contributed by atoms with E-state index in [1.165, 1.54) is 6.08 Å². The lowest BCUT2D eigenvalue weighted by Crippen LogP contribution is -2.38. The third-order valence-electron chi connectivity index (χ3n) is 2.15. The maximum absolute atomic E-state index is 11.2. The summed E-state index contributed by atoms with van der Waals surface area (Å²) >= 11 is 0. The van der Waals surface area contributed by atoms with Crippen LogP contribution in [-0.4, -0.2) is 25.2 Å². The maximum Gasteiger partial charge on any atom is 0.252 e. The number of hydrogen-bond donors (Lipinski definition) is 1. The van der Waals surface area contributed by atoms with E-state index in [1.807, 2.05) is 0 Å². The molecule has 2 atom stereocenters. The molecule has 14 heavy (non-hydrogen) atoms. The molecule has 0 aromatic heterocycles. The lowest BCUT2D eigenvalue weighted by Gasteiger charge is -2.16. The number of ether oxygens (including phenoxy) is 1. The van der Waals surface area contributed by atoms with E-state index in [4.69, 9.17) is 11.2 Å². The minimum atomic E-state index is -0.255. The molecule has 1 fully saturated rings. The number of carbonyl (C=O) groups excluding carboxylic acids is 1. The van der Waals surface area contributed by atoms with Crippen LogP contribution in [0.4, 0.5) is 0 Å². The molecule has 0 radical (unpaired) electrons. The molecule has 1 N–H and O–H groups in total. The van der Waals surface area contributed by atoms with Crippen LogP contribution in [0.15, 0.2) is 18.4 Å². The average Bonchev–Trinajstić information content (AvgIpc) is 2.67. The van der Waals surface area contributed by atoms with Crippen LogP contribution in [-0.2, 0) is 9.53 Å². The molecule has 1 heterocycles. The van der Waals surface area contributed by atoms with Gasteiger partial charge < -0.3 is 10.1 Å². The smallest absolute Gasteiger partial charge is 0.252 e. The molecule has 1 amide bonds. The van der Waals surface area contributed by atoms with Gasteiger partial charge in [-0.25, -0.2) is 0 Å². The Bertz CT molecular complexity index is 291. The van der Waals surface area contributed by atoms with Gasteiger partial charge in [0, 0.05) is 18.6 Å². The van der Waals surface area contributed by atoms with Crippen LogP contribution in [0.1, 0.15) is 6.42 Å². The second-order valence-corrected chi connectivity index (χ2v) is 3.13. The molecular formula is C11H13NO2. The van der Waals surface area contributed by atoms with Gasteiger partial charge in [0.25, 0.3) is 5.91 Å². The van der Waals surface area contributed by atoms with E-state index in [0.717, 1.165) is 13.0 Å². The van der Waals surface area contributed by atoms with Crippen LogP contribution >= 0.6 is 0 Å². The first-order chi connectivity index (χ1) is 6.77. The minimum Gasteiger partial charge on any atom is -0.381 e. The molecule has 0 aromatic rings. The predicted octanol–water partition coefficient (Wildman–Crippen LogP) is 0.482. The van der Waals surface area contributed by atoms with Crippen molar-refractivity contribution in [3.63, 3.8) is 0 Å². The van der Waals surface area contributed by atoms with E-state index in [2.05, 4.69) is 23.5 Å². The van der Waals surface area contributed by atoms with Gasteiger partial charge in [-0.3, -0.25) is 4.79 Å². The van der Waals surface area contributed by atoms with Gasteiger partial charge in [0.05, 0.1) is 12.6 Å².